The molecule has 3 atom stereocenters. The molecule has 4 heterocycles. The Morgan fingerprint density at radius 1 is 1.20 bits per heavy atom. The van der Waals surface area contributed by atoms with Crippen LogP contribution in [0.3, 0.4) is 0 Å². The van der Waals surface area contributed by atoms with Gasteiger partial charge in [0.15, 0.2) is 11.1 Å². The van der Waals surface area contributed by atoms with E-state index in [9.17, 15) is 41.4 Å². The molecule has 44 heavy (non-hydrogen) atoms. The molecule has 16 heteroatoms. The van der Waals surface area contributed by atoms with Gasteiger partial charge in [-0.3, -0.25) is 19.1 Å². The summed E-state index contributed by atoms with van der Waals surface area (Å²) in [6.07, 6.45) is -4.21. The maximum Gasteiger partial charge on any atom is 0.389 e. The first-order chi connectivity index (χ1) is 20.7. The molecule has 11 nitrogen and oxygen atoms in total. The average Bonchev–Trinajstić information content (AvgIpc) is 3.59. The van der Waals surface area contributed by atoms with Crippen molar-refractivity contribution in [2.45, 2.75) is 76.6 Å². The number of aliphatic carboxylic acids is 1. The van der Waals surface area contributed by atoms with Crippen LogP contribution in [-0.4, -0.2) is 65.9 Å². The third-order valence-electron chi connectivity index (χ3n) is 8.52. The number of hydrogen-bond acceptors (Lipinski definition) is 6. The van der Waals surface area contributed by atoms with Crippen molar-refractivity contribution in [3.8, 4) is 0 Å². The number of nitrogens with zero attached hydrogens (tertiary/aromatic N) is 5. The fourth-order valence-corrected chi connectivity index (χ4v) is 6.26. The Hall–Kier alpha value is -4.11. The fourth-order valence-electron chi connectivity index (χ4n) is 6.26. The molecule has 0 bridgehead atoms. The molecule has 2 fully saturated rings. The van der Waals surface area contributed by atoms with Gasteiger partial charge in [-0.15, -0.1) is 0 Å². The van der Waals surface area contributed by atoms with Crippen molar-refractivity contribution in [3.05, 3.63) is 47.7 Å². The largest absolute Gasteiger partial charge is 0.480 e. The smallest absolute Gasteiger partial charge is 0.389 e. The van der Waals surface area contributed by atoms with Crippen molar-refractivity contribution in [2.75, 3.05) is 6.54 Å². The molecular formula is C28H32F5N7O4. The summed E-state index contributed by atoms with van der Waals surface area (Å²) in [6.45, 7) is 1.96. The first-order valence-electron chi connectivity index (χ1n) is 14.3. The number of hydrogen-bond donors (Lipinski definition) is 3. The Balaban J connectivity index is 1.44. The van der Waals surface area contributed by atoms with Gasteiger partial charge in [0.2, 0.25) is 11.8 Å². The first kappa shape index (κ1) is 31.3. The number of carbonyl (C=O) groups excluding carboxylic acids is 2. The van der Waals surface area contributed by atoms with Gasteiger partial charge in [-0.2, -0.15) is 23.4 Å². The molecule has 5 rings (SSSR count). The van der Waals surface area contributed by atoms with Crippen LogP contribution in [0, 0.1) is 17.3 Å². The molecule has 2 aliphatic rings. The number of amides is 2. The Labute approximate surface area is 248 Å². The molecule has 0 aromatic carbocycles. The van der Waals surface area contributed by atoms with Crippen LogP contribution in [-0.2, 0) is 22.6 Å². The lowest BCUT2D eigenvalue weighted by molar-refractivity contribution is -0.167. The second kappa shape index (κ2) is 11.8. The van der Waals surface area contributed by atoms with Crippen LogP contribution in [0.4, 0.5) is 22.0 Å². The van der Waals surface area contributed by atoms with Gasteiger partial charge >= 0.3 is 12.1 Å². The van der Waals surface area contributed by atoms with Gasteiger partial charge < -0.3 is 15.7 Å². The highest BCUT2D eigenvalue weighted by Crippen LogP contribution is 2.42. The van der Waals surface area contributed by atoms with Gasteiger partial charge in [0, 0.05) is 45.0 Å². The summed E-state index contributed by atoms with van der Waals surface area (Å²) >= 11 is 0. The summed E-state index contributed by atoms with van der Waals surface area (Å²) in [4.78, 5) is 42.9. The van der Waals surface area contributed by atoms with Crippen molar-refractivity contribution in [3.63, 3.8) is 0 Å². The summed E-state index contributed by atoms with van der Waals surface area (Å²) in [7, 11) is 0. The zero-order valence-electron chi connectivity index (χ0n) is 23.8. The molecule has 2 amide bonds. The highest BCUT2D eigenvalue weighted by molar-refractivity contribution is 6.02. The lowest BCUT2D eigenvalue weighted by atomic mass is 9.71. The van der Waals surface area contributed by atoms with E-state index in [-0.39, 0.29) is 49.5 Å². The topological polar surface area (TPSA) is 144 Å². The minimum Gasteiger partial charge on any atom is -0.480 e. The number of alkyl halides is 5. The number of rotatable bonds is 9. The van der Waals surface area contributed by atoms with Gasteiger partial charge in [0.1, 0.15) is 5.69 Å². The van der Waals surface area contributed by atoms with Gasteiger partial charge in [-0.1, -0.05) is 0 Å². The molecule has 1 aliphatic heterocycles. The van der Waals surface area contributed by atoms with Crippen LogP contribution in [0.5, 0.6) is 0 Å². The Morgan fingerprint density at radius 3 is 2.59 bits per heavy atom. The van der Waals surface area contributed by atoms with E-state index in [1.807, 2.05) is 6.92 Å². The molecule has 1 saturated heterocycles. The Bertz CT molecular complexity index is 1540. The summed E-state index contributed by atoms with van der Waals surface area (Å²) < 4.78 is 70.0. The molecule has 0 spiro atoms. The summed E-state index contributed by atoms with van der Waals surface area (Å²) in [5.74, 6) is -7.20. The van der Waals surface area contributed by atoms with Crippen molar-refractivity contribution in [1.82, 2.24) is 35.0 Å². The lowest BCUT2D eigenvalue weighted by Gasteiger charge is -2.36. The number of piperidine rings is 1. The van der Waals surface area contributed by atoms with E-state index in [1.165, 1.54) is 33.7 Å². The quantitative estimate of drug-likeness (QED) is 0.241. The van der Waals surface area contributed by atoms with Gasteiger partial charge in [0.25, 0.3) is 5.91 Å². The summed E-state index contributed by atoms with van der Waals surface area (Å²) in [5, 5.41) is 23.8. The maximum absolute atomic E-state index is 14.0. The van der Waals surface area contributed by atoms with Gasteiger partial charge in [-0.05, 0) is 56.2 Å². The third kappa shape index (κ3) is 6.53. The SMILES string of the molecule is CCn1nccc1C(=O)NC(c1cn2nc(CC3(C(=O)O)CC(CC(F)(F)F)CNC3=O)ccc2n1)C1CCC(F)(F)CC1. The van der Waals surface area contributed by atoms with Crippen LogP contribution in [0.25, 0.3) is 5.65 Å². The monoisotopic (exact) mass is 625 g/mol. The molecule has 3 aromatic heterocycles. The molecule has 3 unspecified atom stereocenters. The fraction of sp³-hybridized carbons (Fsp3) is 0.571. The number of imidazole rings is 1. The van der Waals surface area contributed by atoms with Crippen LogP contribution in [0.15, 0.2) is 30.6 Å². The van der Waals surface area contributed by atoms with E-state index in [0.717, 1.165) is 0 Å². The van der Waals surface area contributed by atoms with Crippen LogP contribution < -0.4 is 10.6 Å². The molecule has 0 radical (unpaired) electrons. The second-order valence-corrected chi connectivity index (χ2v) is 11.6. The summed E-state index contributed by atoms with van der Waals surface area (Å²) in [6, 6.07) is 3.73. The zero-order valence-corrected chi connectivity index (χ0v) is 23.8. The number of carbonyl (C=O) groups is 3. The van der Waals surface area contributed by atoms with Crippen molar-refractivity contribution in [2.24, 2.45) is 17.3 Å². The predicted molar refractivity (Wildman–Crippen MR) is 144 cm³/mol. The number of halogens is 5. The van der Waals surface area contributed by atoms with Crippen molar-refractivity contribution >= 4 is 23.4 Å². The number of aryl methyl sites for hydroxylation is 1. The molecule has 1 saturated carbocycles. The summed E-state index contributed by atoms with van der Waals surface area (Å²) in [5.41, 5.74) is -1.11. The van der Waals surface area contributed by atoms with Crippen LogP contribution in [0.1, 0.15) is 73.4 Å². The van der Waals surface area contributed by atoms with E-state index in [1.54, 1.807) is 6.07 Å². The zero-order chi connectivity index (χ0) is 31.9. The normalized spacial score (nSPS) is 23.3. The second-order valence-electron chi connectivity index (χ2n) is 11.6. The van der Waals surface area contributed by atoms with E-state index < -0.39 is 66.5 Å². The Morgan fingerprint density at radius 2 is 1.93 bits per heavy atom. The van der Waals surface area contributed by atoms with Gasteiger partial charge in [0.05, 0.1) is 23.6 Å². The molecule has 238 valence electrons. The van der Waals surface area contributed by atoms with E-state index in [2.05, 4.69) is 25.8 Å². The maximum atomic E-state index is 14.0. The predicted octanol–water partition coefficient (Wildman–Crippen LogP) is 3.94. The Kier molecular flexibility index (Phi) is 8.37. The van der Waals surface area contributed by atoms with E-state index >= 15 is 0 Å². The van der Waals surface area contributed by atoms with Crippen molar-refractivity contribution < 1.29 is 41.4 Å². The van der Waals surface area contributed by atoms with E-state index in [0.29, 0.717) is 17.9 Å². The first-order valence-corrected chi connectivity index (χ1v) is 14.3. The average molecular weight is 626 g/mol. The standard InChI is InChI=1S/C28H32F5N7O4/c1-2-39-20(7-10-35-39)23(41)37-22(17-5-8-27(29,30)9-6-17)19-15-40-21(36-19)4-3-18(38-40)13-26(25(43)44)11-16(12-28(31,32)33)14-34-24(26)42/h3-4,7,10,15-17,22H,2,5-6,8-9,11-14H2,1H3,(H,34,42)(H,37,41)(H,43,44). The third-order valence-corrected chi connectivity index (χ3v) is 8.52. The number of fused-ring (bicyclic) bond motifs is 1. The highest BCUT2D eigenvalue weighted by Gasteiger charge is 2.52. The number of carboxylic acid groups (broad SMARTS) is 1. The molecular weight excluding hydrogens is 593 g/mol. The van der Waals surface area contributed by atoms with Crippen LogP contribution >= 0.6 is 0 Å². The number of aromatic nitrogens is 5. The minimum atomic E-state index is -4.53. The van der Waals surface area contributed by atoms with Gasteiger partial charge in [-0.25, -0.2) is 18.3 Å². The minimum absolute atomic E-state index is 0.122. The molecule has 3 N–H and O–H groups in total. The number of nitrogens with one attached hydrogen (secondary N) is 2. The number of carboxylic acids is 1. The molecule has 3 aromatic rings. The highest BCUT2D eigenvalue weighted by atomic mass is 19.4. The van der Waals surface area contributed by atoms with E-state index in [4.69, 9.17) is 0 Å². The van der Waals surface area contributed by atoms with Crippen LogP contribution in [0.2, 0.25) is 0 Å². The van der Waals surface area contributed by atoms with Crippen molar-refractivity contribution in [1.29, 1.82) is 0 Å². The lowest BCUT2D eigenvalue weighted by Crippen LogP contribution is -2.55. The molecule has 1 aliphatic carbocycles.